The molecule has 7 heteroatoms. The van der Waals surface area contributed by atoms with E-state index < -0.39 is 17.7 Å². The van der Waals surface area contributed by atoms with Gasteiger partial charge in [0.25, 0.3) is 11.7 Å². The molecule has 7 nitrogen and oxygen atoms in total. The monoisotopic (exact) mass is 422 g/mol. The highest BCUT2D eigenvalue weighted by atomic mass is 16.5. The number of ketones is 1. The minimum absolute atomic E-state index is 0.0800. The molecule has 0 spiro atoms. The standard InChI is InChI=1S/C24H26N2O5/c1-2-13-30-18-7-5-17(6-8-18)22(27)20-21(16-9-11-25-12-10-16)26(24(29)23(20)28)15-19-4-3-14-31-19/h5-12,19,21,27H,2-4,13-15H2,1H3/b22-20-. The molecule has 3 heterocycles. The molecule has 1 aromatic carbocycles. The van der Waals surface area contributed by atoms with Crippen molar-refractivity contribution in [2.75, 3.05) is 19.8 Å². The Morgan fingerprint density at radius 1 is 1.19 bits per heavy atom. The molecule has 2 unspecified atom stereocenters. The zero-order valence-electron chi connectivity index (χ0n) is 17.5. The average Bonchev–Trinajstić information content (AvgIpc) is 3.40. The molecule has 2 fully saturated rings. The van der Waals surface area contributed by atoms with Crippen molar-refractivity contribution in [2.24, 2.45) is 0 Å². The normalized spacial score (nSPS) is 22.8. The maximum Gasteiger partial charge on any atom is 0.295 e. The number of aliphatic hydroxyl groups is 1. The number of benzene rings is 1. The lowest BCUT2D eigenvalue weighted by molar-refractivity contribution is -0.140. The van der Waals surface area contributed by atoms with E-state index in [1.807, 2.05) is 6.92 Å². The van der Waals surface area contributed by atoms with Crippen molar-refractivity contribution >= 4 is 17.4 Å². The van der Waals surface area contributed by atoms with Gasteiger partial charge in [0, 0.05) is 31.1 Å². The Bertz CT molecular complexity index is 965. The fraction of sp³-hybridized carbons (Fsp3) is 0.375. The fourth-order valence-corrected chi connectivity index (χ4v) is 4.05. The Morgan fingerprint density at radius 2 is 1.94 bits per heavy atom. The van der Waals surface area contributed by atoms with Crippen LogP contribution in [0.2, 0.25) is 0 Å². The van der Waals surface area contributed by atoms with E-state index in [-0.39, 0.29) is 17.4 Å². The number of rotatable bonds is 7. The minimum atomic E-state index is -0.691. The number of nitrogens with zero attached hydrogens (tertiary/aromatic N) is 2. The molecule has 4 rings (SSSR count). The second-order valence-electron chi connectivity index (χ2n) is 7.74. The summed E-state index contributed by atoms with van der Waals surface area (Å²) >= 11 is 0. The first-order valence-electron chi connectivity index (χ1n) is 10.6. The number of likely N-dealkylation sites (tertiary alicyclic amines) is 1. The number of carbonyl (C=O) groups excluding carboxylic acids is 2. The maximum atomic E-state index is 13.0. The molecule has 2 aliphatic heterocycles. The van der Waals surface area contributed by atoms with Crippen molar-refractivity contribution in [1.82, 2.24) is 9.88 Å². The summed E-state index contributed by atoms with van der Waals surface area (Å²) in [5.74, 6) is -0.828. The minimum Gasteiger partial charge on any atom is -0.507 e. The average molecular weight is 422 g/mol. The molecule has 2 aliphatic rings. The zero-order chi connectivity index (χ0) is 21.8. The Hall–Kier alpha value is -3.19. The second-order valence-corrected chi connectivity index (χ2v) is 7.74. The Morgan fingerprint density at radius 3 is 2.58 bits per heavy atom. The molecule has 2 aromatic rings. The first kappa shape index (κ1) is 21.1. The summed E-state index contributed by atoms with van der Waals surface area (Å²) in [4.78, 5) is 31.5. The van der Waals surface area contributed by atoms with Gasteiger partial charge in [0.05, 0.1) is 24.3 Å². The molecule has 162 valence electrons. The van der Waals surface area contributed by atoms with Gasteiger partial charge in [-0.15, -0.1) is 0 Å². The molecule has 31 heavy (non-hydrogen) atoms. The summed E-state index contributed by atoms with van der Waals surface area (Å²) < 4.78 is 11.3. The molecule has 1 amide bonds. The number of hydrogen-bond donors (Lipinski definition) is 1. The van der Waals surface area contributed by atoms with Gasteiger partial charge >= 0.3 is 0 Å². The Labute approximate surface area is 181 Å². The van der Waals surface area contributed by atoms with Gasteiger partial charge in [-0.25, -0.2) is 0 Å². The summed E-state index contributed by atoms with van der Waals surface area (Å²) in [7, 11) is 0. The molecule has 2 saturated heterocycles. The third-order valence-corrected chi connectivity index (χ3v) is 5.59. The van der Waals surface area contributed by atoms with Gasteiger partial charge in [-0.05, 0) is 61.2 Å². The van der Waals surface area contributed by atoms with Crippen LogP contribution >= 0.6 is 0 Å². The number of Topliss-reactive ketones (excluding diaryl/α,β-unsaturated/α-hetero) is 1. The number of hydrogen-bond acceptors (Lipinski definition) is 6. The SMILES string of the molecule is CCCOc1ccc(/C(O)=C2/C(=O)C(=O)N(CC3CCCO3)C2c2ccncc2)cc1. The third-order valence-electron chi connectivity index (χ3n) is 5.59. The fourth-order valence-electron chi connectivity index (χ4n) is 4.05. The molecule has 0 radical (unpaired) electrons. The molecular weight excluding hydrogens is 396 g/mol. The van der Waals surface area contributed by atoms with E-state index in [1.54, 1.807) is 48.8 Å². The number of carbonyl (C=O) groups is 2. The third kappa shape index (κ3) is 4.32. The van der Waals surface area contributed by atoms with Crippen molar-refractivity contribution in [3.05, 3.63) is 65.5 Å². The van der Waals surface area contributed by atoms with Gasteiger partial charge in [-0.1, -0.05) is 6.92 Å². The smallest absolute Gasteiger partial charge is 0.295 e. The largest absolute Gasteiger partial charge is 0.507 e. The summed E-state index contributed by atoms with van der Waals surface area (Å²) in [6.45, 7) is 3.58. The Balaban J connectivity index is 1.72. The van der Waals surface area contributed by atoms with Crippen molar-refractivity contribution in [3.8, 4) is 5.75 Å². The quantitative estimate of drug-likeness (QED) is 0.418. The van der Waals surface area contributed by atoms with Crippen LogP contribution in [0.1, 0.15) is 43.4 Å². The van der Waals surface area contributed by atoms with Crippen LogP contribution in [0.3, 0.4) is 0 Å². The van der Waals surface area contributed by atoms with Gasteiger partial charge in [-0.3, -0.25) is 14.6 Å². The predicted octanol–water partition coefficient (Wildman–Crippen LogP) is 3.47. The number of aliphatic hydroxyl groups excluding tert-OH is 1. The molecule has 0 bridgehead atoms. The van der Waals surface area contributed by atoms with Crippen LogP contribution in [0.15, 0.2) is 54.4 Å². The van der Waals surface area contributed by atoms with Gasteiger partial charge in [-0.2, -0.15) is 0 Å². The van der Waals surface area contributed by atoms with Crippen LogP contribution in [0.4, 0.5) is 0 Å². The molecular formula is C24H26N2O5. The van der Waals surface area contributed by atoms with Gasteiger partial charge in [0.15, 0.2) is 0 Å². The van der Waals surface area contributed by atoms with E-state index in [0.717, 1.165) is 24.8 Å². The lowest BCUT2D eigenvalue weighted by Gasteiger charge is -2.27. The summed E-state index contributed by atoms with van der Waals surface area (Å²) in [5.41, 5.74) is 1.26. The number of amides is 1. The van der Waals surface area contributed by atoms with E-state index in [9.17, 15) is 14.7 Å². The van der Waals surface area contributed by atoms with Crippen LogP contribution in [0.25, 0.3) is 5.76 Å². The van der Waals surface area contributed by atoms with E-state index in [1.165, 1.54) is 4.90 Å². The van der Waals surface area contributed by atoms with Crippen LogP contribution in [0.5, 0.6) is 5.75 Å². The molecule has 2 atom stereocenters. The van der Waals surface area contributed by atoms with Crippen LogP contribution in [-0.4, -0.2) is 52.5 Å². The van der Waals surface area contributed by atoms with E-state index in [4.69, 9.17) is 9.47 Å². The first-order chi connectivity index (χ1) is 15.1. The highest BCUT2D eigenvalue weighted by molar-refractivity contribution is 6.46. The second kappa shape index (κ2) is 9.31. The zero-order valence-corrected chi connectivity index (χ0v) is 17.5. The van der Waals surface area contributed by atoms with Crippen molar-refractivity contribution < 1.29 is 24.2 Å². The lowest BCUT2D eigenvalue weighted by Crippen LogP contribution is -2.36. The summed E-state index contributed by atoms with van der Waals surface area (Å²) in [6.07, 6.45) is 5.77. The van der Waals surface area contributed by atoms with E-state index in [0.29, 0.717) is 31.1 Å². The number of aromatic nitrogens is 1. The molecule has 0 saturated carbocycles. The maximum absolute atomic E-state index is 13.0. The highest BCUT2D eigenvalue weighted by Crippen LogP contribution is 2.40. The van der Waals surface area contributed by atoms with Crippen molar-refractivity contribution in [1.29, 1.82) is 0 Å². The van der Waals surface area contributed by atoms with Crippen LogP contribution < -0.4 is 4.74 Å². The van der Waals surface area contributed by atoms with E-state index >= 15 is 0 Å². The predicted molar refractivity (Wildman–Crippen MR) is 114 cm³/mol. The van der Waals surface area contributed by atoms with Crippen molar-refractivity contribution in [2.45, 2.75) is 38.3 Å². The number of pyridine rings is 1. The lowest BCUT2D eigenvalue weighted by atomic mass is 9.96. The molecule has 0 aliphatic carbocycles. The van der Waals surface area contributed by atoms with Gasteiger partial charge in [0.1, 0.15) is 11.5 Å². The van der Waals surface area contributed by atoms with Crippen LogP contribution in [0, 0.1) is 0 Å². The number of ether oxygens (including phenoxy) is 2. The van der Waals surface area contributed by atoms with E-state index in [2.05, 4.69) is 4.98 Å². The van der Waals surface area contributed by atoms with Crippen molar-refractivity contribution in [3.63, 3.8) is 0 Å². The van der Waals surface area contributed by atoms with Gasteiger partial charge < -0.3 is 19.5 Å². The summed E-state index contributed by atoms with van der Waals surface area (Å²) in [5, 5.41) is 11.1. The topological polar surface area (TPSA) is 89.0 Å². The first-order valence-corrected chi connectivity index (χ1v) is 10.6. The summed E-state index contributed by atoms with van der Waals surface area (Å²) in [6, 6.07) is 9.70. The van der Waals surface area contributed by atoms with Gasteiger partial charge in [0.2, 0.25) is 0 Å². The van der Waals surface area contributed by atoms with Crippen LogP contribution in [-0.2, 0) is 14.3 Å². The Kier molecular flexibility index (Phi) is 6.32. The molecule has 1 aromatic heterocycles. The highest BCUT2D eigenvalue weighted by Gasteiger charge is 2.47. The molecule has 1 N–H and O–H groups in total.